The molecule has 1 aromatic heterocycles. The Morgan fingerprint density at radius 2 is 2.33 bits per heavy atom. The highest BCUT2D eigenvalue weighted by molar-refractivity contribution is 5.51. The fraction of sp³-hybridized carbons (Fsp3) is 0.0833. The van der Waals surface area contributed by atoms with Crippen LogP contribution in [0.15, 0.2) is 42.7 Å². The van der Waals surface area contributed by atoms with Crippen molar-refractivity contribution in [2.24, 2.45) is 0 Å². The van der Waals surface area contributed by atoms with Crippen molar-refractivity contribution in [1.29, 1.82) is 0 Å². The zero-order valence-corrected chi connectivity index (χ0v) is 8.22. The number of terminal acetylenes is 1. The molecule has 2 aromatic rings. The molecule has 3 nitrogen and oxygen atoms in total. The molecule has 15 heavy (non-hydrogen) atoms. The van der Waals surface area contributed by atoms with Crippen molar-refractivity contribution in [2.75, 3.05) is 11.9 Å². The second-order valence-corrected chi connectivity index (χ2v) is 3.06. The molecule has 0 aliphatic rings. The van der Waals surface area contributed by atoms with Crippen molar-refractivity contribution in [3.05, 3.63) is 42.7 Å². The van der Waals surface area contributed by atoms with Gasteiger partial charge in [0.05, 0.1) is 12.2 Å². The van der Waals surface area contributed by atoms with Gasteiger partial charge in [-0.3, -0.25) is 0 Å². The van der Waals surface area contributed by atoms with E-state index < -0.39 is 0 Å². The number of hydrogen-bond acceptors (Lipinski definition) is 2. The van der Waals surface area contributed by atoms with Gasteiger partial charge in [0.25, 0.3) is 0 Å². The Morgan fingerprint density at radius 1 is 1.40 bits per heavy atom. The van der Waals surface area contributed by atoms with Crippen LogP contribution in [0.4, 0.5) is 5.69 Å². The Hall–Kier alpha value is -2.21. The van der Waals surface area contributed by atoms with E-state index >= 15 is 0 Å². The topological polar surface area (TPSA) is 29.9 Å². The maximum Gasteiger partial charge on any atom is 0.0763 e. The lowest BCUT2D eigenvalue weighted by atomic mass is 10.3. The van der Waals surface area contributed by atoms with Gasteiger partial charge in [0.1, 0.15) is 0 Å². The van der Waals surface area contributed by atoms with E-state index in [2.05, 4.69) is 16.3 Å². The molecule has 3 heteroatoms. The Balaban J connectivity index is 2.24. The second-order valence-electron chi connectivity index (χ2n) is 3.06. The van der Waals surface area contributed by atoms with Gasteiger partial charge < -0.3 is 5.32 Å². The van der Waals surface area contributed by atoms with E-state index in [1.807, 2.05) is 36.5 Å². The molecular formula is C12H11N3. The van der Waals surface area contributed by atoms with Crippen LogP contribution < -0.4 is 5.32 Å². The van der Waals surface area contributed by atoms with Crippen LogP contribution in [0.1, 0.15) is 0 Å². The predicted molar refractivity (Wildman–Crippen MR) is 60.9 cm³/mol. The summed E-state index contributed by atoms with van der Waals surface area (Å²) in [6, 6.07) is 9.83. The molecule has 1 heterocycles. The molecule has 0 atom stereocenters. The van der Waals surface area contributed by atoms with Crippen molar-refractivity contribution < 1.29 is 0 Å². The van der Waals surface area contributed by atoms with E-state index in [4.69, 9.17) is 6.42 Å². The zero-order valence-electron chi connectivity index (χ0n) is 8.22. The van der Waals surface area contributed by atoms with Gasteiger partial charge >= 0.3 is 0 Å². The molecule has 0 unspecified atom stereocenters. The fourth-order valence-corrected chi connectivity index (χ4v) is 1.33. The van der Waals surface area contributed by atoms with Crippen LogP contribution in [0.25, 0.3) is 5.69 Å². The highest BCUT2D eigenvalue weighted by Gasteiger charge is 1.96. The number of hydrogen-bond donors (Lipinski definition) is 1. The van der Waals surface area contributed by atoms with E-state index in [1.165, 1.54) is 0 Å². The van der Waals surface area contributed by atoms with Gasteiger partial charge in [-0.1, -0.05) is 12.0 Å². The monoisotopic (exact) mass is 197 g/mol. The van der Waals surface area contributed by atoms with Crippen molar-refractivity contribution in [1.82, 2.24) is 9.78 Å². The predicted octanol–water partition coefficient (Wildman–Crippen LogP) is 1.92. The van der Waals surface area contributed by atoms with Crippen LogP contribution >= 0.6 is 0 Å². The first-order valence-electron chi connectivity index (χ1n) is 4.67. The highest BCUT2D eigenvalue weighted by Crippen LogP contribution is 2.13. The first kappa shape index (κ1) is 9.35. The van der Waals surface area contributed by atoms with Crippen LogP contribution in [-0.4, -0.2) is 16.3 Å². The number of anilines is 1. The summed E-state index contributed by atoms with van der Waals surface area (Å²) < 4.78 is 1.81. The number of benzene rings is 1. The number of nitrogens with one attached hydrogen (secondary N) is 1. The average molecular weight is 197 g/mol. The molecule has 1 N–H and O–H groups in total. The lowest BCUT2D eigenvalue weighted by molar-refractivity contribution is 0.881. The van der Waals surface area contributed by atoms with Crippen molar-refractivity contribution in [2.45, 2.75) is 0 Å². The second kappa shape index (κ2) is 4.34. The van der Waals surface area contributed by atoms with Gasteiger partial charge in [-0.2, -0.15) is 5.10 Å². The van der Waals surface area contributed by atoms with Crippen LogP contribution in [-0.2, 0) is 0 Å². The lowest BCUT2D eigenvalue weighted by Crippen LogP contribution is -2.00. The van der Waals surface area contributed by atoms with E-state index in [0.717, 1.165) is 11.4 Å². The Labute approximate surface area is 88.7 Å². The van der Waals surface area contributed by atoms with Gasteiger partial charge in [-0.25, -0.2) is 4.68 Å². The summed E-state index contributed by atoms with van der Waals surface area (Å²) in [5.74, 6) is 2.54. The zero-order chi connectivity index (χ0) is 10.5. The molecule has 2 rings (SSSR count). The average Bonchev–Trinajstić information content (AvgIpc) is 2.80. The molecule has 0 aliphatic heterocycles. The summed E-state index contributed by atoms with van der Waals surface area (Å²) >= 11 is 0. The molecular weight excluding hydrogens is 186 g/mol. The maximum absolute atomic E-state index is 5.18. The van der Waals surface area contributed by atoms with Gasteiger partial charge in [-0.05, 0) is 24.3 Å². The normalized spacial score (nSPS) is 9.53. The summed E-state index contributed by atoms with van der Waals surface area (Å²) in [6.45, 7) is 0.530. The third kappa shape index (κ3) is 2.18. The van der Waals surface area contributed by atoms with E-state index in [1.54, 1.807) is 10.9 Å². The molecule has 1 aromatic carbocycles. The first-order chi connectivity index (χ1) is 7.40. The standard InChI is InChI=1S/C12H11N3/c1-2-7-13-11-5-3-6-12(10-11)15-9-4-8-14-15/h1,3-6,8-10,13H,7H2. The van der Waals surface area contributed by atoms with E-state index in [0.29, 0.717) is 6.54 Å². The molecule has 0 fully saturated rings. The molecule has 0 bridgehead atoms. The minimum absolute atomic E-state index is 0.530. The van der Waals surface area contributed by atoms with Crippen molar-refractivity contribution in [3.8, 4) is 18.0 Å². The number of aromatic nitrogens is 2. The molecule has 0 radical (unpaired) electrons. The smallest absolute Gasteiger partial charge is 0.0763 e. The third-order valence-corrected chi connectivity index (χ3v) is 2.01. The van der Waals surface area contributed by atoms with Gasteiger partial charge in [-0.15, -0.1) is 6.42 Å². The Kier molecular flexibility index (Phi) is 2.70. The van der Waals surface area contributed by atoms with Crippen molar-refractivity contribution in [3.63, 3.8) is 0 Å². The molecule has 74 valence electrons. The fourth-order valence-electron chi connectivity index (χ4n) is 1.33. The molecule has 0 saturated carbocycles. The van der Waals surface area contributed by atoms with E-state index in [-0.39, 0.29) is 0 Å². The van der Waals surface area contributed by atoms with Gasteiger partial charge in [0.2, 0.25) is 0 Å². The van der Waals surface area contributed by atoms with Gasteiger partial charge in [0, 0.05) is 18.1 Å². The summed E-state index contributed by atoms with van der Waals surface area (Å²) in [5.41, 5.74) is 2.02. The summed E-state index contributed by atoms with van der Waals surface area (Å²) in [4.78, 5) is 0. The molecule has 0 aliphatic carbocycles. The molecule has 0 saturated heterocycles. The minimum Gasteiger partial charge on any atom is -0.374 e. The van der Waals surface area contributed by atoms with Gasteiger partial charge in [0.15, 0.2) is 0 Å². The Morgan fingerprint density at radius 3 is 3.07 bits per heavy atom. The highest BCUT2D eigenvalue weighted by atomic mass is 15.3. The molecule has 0 spiro atoms. The third-order valence-electron chi connectivity index (χ3n) is 2.01. The van der Waals surface area contributed by atoms with Crippen LogP contribution in [0.5, 0.6) is 0 Å². The molecule has 0 amide bonds. The Bertz CT molecular complexity index is 466. The van der Waals surface area contributed by atoms with Crippen LogP contribution in [0.2, 0.25) is 0 Å². The first-order valence-corrected chi connectivity index (χ1v) is 4.67. The summed E-state index contributed by atoms with van der Waals surface area (Å²) in [6.07, 6.45) is 8.83. The number of rotatable bonds is 3. The summed E-state index contributed by atoms with van der Waals surface area (Å²) in [5, 5.41) is 7.28. The van der Waals surface area contributed by atoms with Crippen molar-refractivity contribution >= 4 is 5.69 Å². The number of nitrogens with zero attached hydrogens (tertiary/aromatic N) is 2. The van der Waals surface area contributed by atoms with E-state index in [9.17, 15) is 0 Å². The minimum atomic E-state index is 0.530. The maximum atomic E-state index is 5.18. The lowest BCUT2D eigenvalue weighted by Gasteiger charge is -2.05. The SMILES string of the molecule is C#CCNc1cccc(-n2cccn2)c1. The van der Waals surface area contributed by atoms with Crippen LogP contribution in [0.3, 0.4) is 0 Å². The summed E-state index contributed by atoms with van der Waals surface area (Å²) in [7, 11) is 0. The quantitative estimate of drug-likeness (QED) is 0.762. The largest absolute Gasteiger partial charge is 0.374 e. The van der Waals surface area contributed by atoms with Crippen LogP contribution in [0, 0.1) is 12.3 Å².